The number of carbonyl (C=O) groups is 1. The van der Waals surface area contributed by atoms with Gasteiger partial charge in [0.25, 0.3) is 0 Å². The summed E-state index contributed by atoms with van der Waals surface area (Å²) in [5.74, 6) is -1.49. The van der Waals surface area contributed by atoms with E-state index < -0.39 is 17.9 Å². The molecule has 0 radical (unpaired) electrons. The van der Waals surface area contributed by atoms with Crippen LogP contribution in [0.2, 0.25) is 0 Å². The molecule has 0 aromatic heterocycles. The number of aliphatic carboxylic acids is 1. The molecule has 0 bridgehead atoms. The molecule has 2 N–H and O–H groups in total. The smallest absolute Gasteiger partial charge is 0.313 e. The van der Waals surface area contributed by atoms with Crippen LogP contribution in [0, 0.1) is 5.92 Å². The Hall–Kier alpha value is -2.20. The SMILES string of the molecule is CC(C)C(c1ccc(O)cc1)C(N=[N+]=[N-])C(=O)O. The summed E-state index contributed by atoms with van der Waals surface area (Å²) in [6.07, 6.45) is 0. The summed E-state index contributed by atoms with van der Waals surface area (Å²) < 4.78 is 0. The fourth-order valence-electron chi connectivity index (χ4n) is 1.96. The summed E-state index contributed by atoms with van der Waals surface area (Å²) in [5.41, 5.74) is 9.19. The van der Waals surface area contributed by atoms with Gasteiger partial charge < -0.3 is 10.2 Å². The summed E-state index contributed by atoms with van der Waals surface area (Å²) in [5, 5.41) is 21.7. The minimum Gasteiger partial charge on any atom is -0.508 e. The number of azide groups is 1. The minimum absolute atomic E-state index is 0.0128. The van der Waals surface area contributed by atoms with Gasteiger partial charge in [-0.15, -0.1) is 0 Å². The number of carboxylic acid groups (broad SMARTS) is 1. The lowest BCUT2D eigenvalue weighted by Crippen LogP contribution is -2.29. The topological polar surface area (TPSA) is 106 Å². The van der Waals surface area contributed by atoms with E-state index in [1.807, 2.05) is 13.8 Å². The summed E-state index contributed by atoms with van der Waals surface area (Å²) >= 11 is 0. The lowest BCUT2D eigenvalue weighted by atomic mass is 9.82. The number of phenols is 1. The molecule has 1 rings (SSSR count). The molecule has 0 saturated carbocycles. The second-order valence-electron chi connectivity index (χ2n) is 4.35. The molecule has 0 aliphatic carbocycles. The van der Waals surface area contributed by atoms with Gasteiger partial charge in [-0.25, -0.2) is 0 Å². The molecule has 6 heteroatoms. The van der Waals surface area contributed by atoms with E-state index in [2.05, 4.69) is 10.0 Å². The van der Waals surface area contributed by atoms with Crippen molar-refractivity contribution >= 4 is 5.97 Å². The molecule has 0 amide bonds. The predicted octanol–water partition coefficient (Wildman–Crippen LogP) is 2.90. The number of benzene rings is 1. The van der Waals surface area contributed by atoms with Crippen LogP contribution in [0.25, 0.3) is 10.4 Å². The third-order valence-electron chi connectivity index (χ3n) is 2.77. The van der Waals surface area contributed by atoms with Gasteiger partial charge in [-0.1, -0.05) is 31.1 Å². The number of nitrogens with zero attached hydrogens (tertiary/aromatic N) is 3. The van der Waals surface area contributed by atoms with Gasteiger partial charge in [0, 0.05) is 10.8 Å². The van der Waals surface area contributed by atoms with E-state index in [9.17, 15) is 9.90 Å². The number of hydrogen-bond donors (Lipinski definition) is 2. The highest BCUT2D eigenvalue weighted by molar-refractivity contribution is 5.75. The fraction of sp³-hybridized carbons (Fsp3) is 0.417. The van der Waals surface area contributed by atoms with Crippen molar-refractivity contribution in [3.8, 4) is 5.75 Å². The van der Waals surface area contributed by atoms with Crippen LogP contribution in [-0.2, 0) is 4.79 Å². The van der Waals surface area contributed by atoms with Crippen LogP contribution in [0.1, 0.15) is 25.3 Å². The van der Waals surface area contributed by atoms with Crippen molar-refractivity contribution in [3.63, 3.8) is 0 Å². The first-order valence-electron chi connectivity index (χ1n) is 5.53. The largest absolute Gasteiger partial charge is 0.508 e. The molecule has 1 aromatic carbocycles. The molecule has 0 heterocycles. The fourth-order valence-corrected chi connectivity index (χ4v) is 1.96. The van der Waals surface area contributed by atoms with Crippen LogP contribution in [0.4, 0.5) is 0 Å². The lowest BCUT2D eigenvalue weighted by molar-refractivity contribution is -0.139. The first-order valence-corrected chi connectivity index (χ1v) is 5.53. The van der Waals surface area contributed by atoms with Crippen LogP contribution in [-0.4, -0.2) is 22.2 Å². The molecule has 2 atom stereocenters. The van der Waals surface area contributed by atoms with Gasteiger partial charge in [0.1, 0.15) is 11.8 Å². The molecule has 0 fully saturated rings. The van der Waals surface area contributed by atoms with Crippen molar-refractivity contribution in [2.24, 2.45) is 11.0 Å². The average molecular weight is 249 g/mol. The highest BCUT2D eigenvalue weighted by Crippen LogP contribution is 2.31. The van der Waals surface area contributed by atoms with Crippen molar-refractivity contribution in [2.45, 2.75) is 25.8 Å². The Kier molecular flexibility index (Phi) is 4.57. The Morgan fingerprint density at radius 3 is 2.28 bits per heavy atom. The maximum absolute atomic E-state index is 11.2. The van der Waals surface area contributed by atoms with Crippen LogP contribution < -0.4 is 0 Å². The van der Waals surface area contributed by atoms with E-state index in [1.165, 1.54) is 12.1 Å². The molecule has 2 unspecified atom stereocenters. The number of rotatable bonds is 5. The number of hydrogen-bond acceptors (Lipinski definition) is 3. The van der Waals surface area contributed by atoms with Gasteiger partial charge in [-0.3, -0.25) is 4.79 Å². The van der Waals surface area contributed by atoms with E-state index in [1.54, 1.807) is 12.1 Å². The van der Waals surface area contributed by atoms with Crippen molar-refractivity contribution in [1.29, 1.82) is 0 Å². The third-order valence-corrected chi connectivity index (χ3v) is 2.77. The Morgan fingerprint density at radius 2 is 1.89 bits per heavy atom. The van der Waals surface area contributed by atoms with Gasteiger partial charge in [0.15, 0.2) is 0 Å². The number of phenolic OH excluding ortho intramolecular Hbond substituents is 1. The molecule has 18 heavy (non-hydrogen) atoms. The van der Waals surface area contributed by atoms with Gasteiger partial charge >= 0.3 is 5.97 Å². The van der Waals surface area contributed by atoms with Gasteiger partial charge in [0.2, 0.25) is 0 Å². The number of carboxylic acids is 1. The monoisotopic (exact) mass is 249 g/mol. The van der Waals surface area contributed by atoms with Crippen molar-refractivity contribution in [2.75, 3.05) is 0 Å². The highest BCUT2D eigenvalue weighted by Gasteiger charge is 2.30. The van der Waals surface area contributed by atoms with Gasteiger partial charge in [0.05, 0.1) is 0 Å². The van der Waals surface area contributed by atoms with Crippen molar-refractivity contribution < 1.29 is 15.0 Å². The van der Waals surface area contributed by atoms with Crippen LogP contribution in [0.15, 0.2) is 29.4 Å². The molecule has 0 saturated heterocycles. The molecular weight excluding hydrogens is 234 g/mol. The molecule has 0 spiro atoms. The maximum Gasteiger partial charge on any atom is 0.313 e. The van der Waals surface area contributed by atoms with Crippen LogP contribution >= 0.6 is 0 Å². The van der Waals surface area contributed by atoms with E-state index in [4.69, 9.17) is 10.6 Å². The second-order valence-corrected chi connectivity index (χ2v) is 4.35. The summed E-state index contributed by atoms with van der Waals surface area (Å²) in [7, 11) is 0. The quantitative estimate of drug-likeness (QED) is 0.476. The Balaban J connectivity index is 3.19. The summed E-state index contributed by atoms with van der Waals surface area (Å²) in [4.78, 5) is 13.8. The molecule has 96 valence electrons. The lowest BCUT2D eigenvalue weighted by Gasteiger charge is -2.24. The van der Waals surface area contributed by atoms with E-state index >= 15 is 0 Å². The number of aromatic hydroxyl groups is 1. The Bertz CT molecular complexity index is 462. The molecule has 0 aliphatic heterocycles. The zero-order valence-electron chi connectivity index (χ0n) is 10.2. The molecular formula is C12H15N3O3. The zero-order valence-corrected chi connectivity index (χ0v) is 10.2. The highest BCUT2D eigenvalue weighted by atomic mass is 16.4. The van der Waals surface area contributed by atoms with Gasteiger partial charge in [-0.2, -0.15) is 0 Å². The van der Waals surface area contributed by atoms with Crippen molar-refractivity contribution in [3.05, 3.63) is 40.3 Å². The summed E-state index contributed by atoms with van der Waals surface area (Å²) in [6, 6.07) is 5.10. The van der Waals surface area contributed by atoms with E-state index in [0.29, 0.717) is 0 Å². The zero-order chi connectivity index (χ0) is 13.7. The predicted molar refractivity (Wildman–Crippen MR) is 66.3 cm³/mol. The Labute approximate surface area is 105 Å². The standard InChI is InChI=1S/C12H15N3O3/c1-7(2)10(11(12(17)18)14-15-13)8-3-5-9(16)6-4-8/h3-7,10-11,16H,1-2H3,(H,17,18). The Morgan fingerprint density at radius 1 is 1.33 bits per heavy atom. The van der Waals surface area contributed by atoms with Gasteiger partial charge in [-0.05, 0) is 29.1 Å². The van der Waals surface area contributed by atoms with E-state index in [0.717, 1.165) is 5.56 Å². The maximum atomic E-state index is 11.2. The molecule has 1 aromatic rings. The van der Waals surface area contributed by atoms with E-state index in [-0.39, 0.29) is 11.7 Å². The first-order chi connectivity index (χ1) is 8.47. The van der Waals surface area contributed by atoms with Crippen LogP contribution in [0.3, 0.4) is 0 Å². The summed E-state index contributed by atoms with van der Waals surface area (Å²) in [6.45, 7) is 3.72. The average Bonchev–Trinajstić information content (AvgIpc) is 2.30. The molecule has 0 aliphatic rings. The van der Waals surface area contributed by atoms with Crippen molar-refractivity contribution in [1.82, 2.24) is 0 Å². The first kappa shape index (κ1) is 13.9. The van der Waals surface area contributed by atoms with Crippen LogP contribution in [0.5, 0.6) is 5.75 Å². The third kappa shape index (κ3) is 3.15. The second kappa shape index (κ2) is 5.93. The molecule has 6 nitrogen and oxygen atoms in total. The normalized spacial score (nSPS) is 13.7. The minimum atomic E-state index is -1.15.